The van der Waals surface area contributed by atoms with E-state index in [1.807, 2.05) is 43.8 Å². The molecule has 1 aliphatic rings. The minimum atomic E-state index is 0.736. The minimum Gasteiger partial charge on any atom is -0.467 e. The number of nitrogens with zero attached hydrogens (tertiary/aromatic N) is 4. The highest BCUT2D eigenvalue weighted by atomic mass is 35.5. The molecule has 4 rings (SSSR count). The predicted molar refractivity (Wildman–Crippen MR) is 126 cm³/mol. The Labute approximate surface area is 185 Å². The van der Waals surface area contributed by atoms with E-state index in [4.69, 9.17) is 21.1 Å². The first-order chi connectivity index (χ1) is 14.5. The van der Waals surface area contributed by atoms with Gasteiger partial charge in [-0.15, -0.1) is 0 Å². The van der Waals surface area contributed by atoms with Gasteiger partial charge in [0.25, 0.3) is 0 Å². The van der Waals surface area contributed by atoms with Gasteiger partial charge in [0, 0.05) is 25.7 Å². The third-order valence-corrected chi connectivity index (χ3v) is 5.72. The van der Waals surface area contributed by atoms with Gasteiger partial charge in [0.2, 0.25) is 0 Å². The van der Waals surface area contributed by atoms with Crippen LogP contribution in [0.2, 0.25) is 5.02 Å². The molecule has 2 aromatic heterocycles. The molecule has 0 saturated carbocycles. The molecule has 0 atom stereocenters. The average molecular weight is 429 g/mol. The van der Waals surface area contributed by atoms with Crippen molar-refractivity contribution in [2.45, 2.75) is 54.0 Å². The van der Waals surface area contributed by atoms with Crippen LogP contribution in [-0.2, 0) is 20.0 Å². The van der Waals surface area contributed by atoms with E-state index in [1.165, 1.54) is 22.5 Å². The number of anilines is 3. The number of hydrogen-bond donors (Lipinski definition) is 0. The molecule has 1 aromatic carbocycles. The van der Waals surface area contributed by atoms with Crippen molar-refractivity contribution in [3.05, 3.63) is 58.0 Å². The van der Waals surface area contributed by atoms with Gasteiger partial charge in [0.15, 0.2) is 5.82 Å². The first-order valence-electron chi connectivity index (χ1n) is 10.9. The minimum absolute atomic E-state index is 0.736. The Balaban J connectivity index is 0.00000124. The number of rotatable bonds is 5. The van der Waals surface area contributed by atoms with Crippen LogP contribution in [0.15, 0.2) is 34.9 Å². The van der Waals surface area contributed by atoms with E-state index in [9.17, 15) is 0 Å². The molecular weight excluding hydrogens is 396 g/mol. The van der Waals surface area contributed by atoms with Gasteiger partial charge in [0.05, 0.1) is 23.5 Å². The lowest BCUT2D eigenvalue weighted by Gasteiger charge is -2.31. The molecule has 3 heterocycles. The zero-order chi connectivity index (χ0) is 21.8. The van der Waals surface area contributed by atoms with Crippen molar-refractivity contribution in [3.63, 3.8) is 0 Å². The summed E-state index contributed by atoms with van der Waals surface area (Å²) in [6.45, 7) is 12.9. The number of benzene rings is 1. The van der Waals surface area contributed by atoms with Crippen LogP contribution in [0.25, 0.3) is 0 Å². The number of hydrogen-bond acceptors (Lipinski definition) is 4. The third-order valence-electron chi connectivity index (χ3n) is 5.43. The van der Waals surface area contributed by atoms with Gasteiger partial charge in [-0.3, -0.25) is 4.68 Å². The Morgan fingerprint density at radius 3 is 2.63 bits per heavy atom. The maximum Gasteiger partial charge on any atom is 0.160 e. The second-order valence-corrected chi connectivity index (χ2v) is 7.92. The average Bonchev–Trinajstić information content (AvgIpc) is 3.34. The van der Waals surface area contributed by atoms with E-state index < -0.39 is 0 Å². The number of aromatic nitrogens is 2. The van der Waals surface area contributed by atoms with E-state index >= 15 is 0 Å². The van der Waals surface area contributed by atoms with Crippen LogP contribution in [0.3, 0.4) is 0 Å². The summed E-state index contributed by atoms with van der Waals surface area (Å²) < 4.78 is 7.59. The fourth-order valence-corrected chi connectivity index (χ4v) is 4.72. The SMILES string of the molecule is CC.CCN(Cc1ccco1)c1c2c(nn1C)N(c1c(C)cc(C)cc1Cl)CCC2. The molecule has 1 aliphatic heterocycles. The molecule has 30 heavy (non-hydrogen) atoms. The molecule has 0 unspecified atom stereocenters. The number of aryl methyl sites for hydroxylation is 3. The first kappa shape index (κ1) is 22.3. The summed E-state index contributed by atoms with van der Waals surface area (Å²) in [6.07, 6.45) is 3.83. The highest BCUT2D eigenvalue weighted by molar-refractivity contribution is 6.33. The Morgan fingerprint density at radius 2 is 2.00 bits per heavy atom. The summed E-state index contributed by atoms with van der Waals surface area (Å²) in [4.78, 5) is 4.62. The molecule has 0 N–H and O–H groups in total. The second kappa shape index (κ2) is 9.61. The molecule has 5 nitrogen and oxygen atoms in total. The second-order valence-electron chi connectivity index (χ2n) is 7.51. The summed E-state index contributed by atoms with van der Waals surface area (Å²) in [6, 6.07) is 8.19. The Hall–Kier alpha value is -2.40. The molecular formula is C24H33ClN4O. The predicted octanol–water partition coefficient (Wildman–Crippen LogP) is 6.42. The van der Waals surface area contributed by atoms with E-state index in [0.29, 0.717) is 0 Å². The quantitative estimate of drug-likeness (QED) is 0.469. The number of furan rings is 1. The molecule has 3 aromatic rings. The lowest BCUT2D eigenvalue weighted by molar-refractivity contribution is 0.500. The zero-order valence-corrected chi connectivity index (χ0v) is 19.8. The fourth-order valence-electron chi connectivity index (χ4n) is 4.30. The van der Waals surface area contributed by atoms with E-state index in [0.717, 1.165) is 54.8 Å². The largest absolute Gasteiger partial charge is 0.467 e. The zero-order valence-electron chi connectivity index (χ0n) is 19.0. The van der Waals surface area contributed by atoms with E-state index in [1.54, 1.807) is 6.26 Å². The van der Waals surface area contributed by atoms with Crippen LogP contribution in [-0.4, -0.2) is 22.9 Å². The molecule has 6 heteroatoms. The molecule has 0 fully saturated rings. The van der Waals surface area contributed by atoms with Gasteiger partial charge >= 0.3 is 0 Å². The Kier molecular flexibility index (Phi) is 7.14. The topological polar surface area (TPSA) is 37.4 Å². The molecule has 162 valence electrons. The lowest BCUT2D eigenvalue weighted by atomic mass is 10.0. The number of fused-ring (bicyclic) bond motifs is 1. The third kappa shape index (κ3) is 4.22. The van der Waals surface area contributed by atoms with Crippen molar-refractivity contribution in [2.75, 3.05) is 22.9 Å². The first-order valence-corrected chi connectivity index (χ1v) is 11.2. The monoisotopic (exact) mass is 428 g/mol. The van der Waals surface area contributed by atoms with Gasteiger partial charge in [0.1, 0.15) is 11.6 Å². The van der Waals surface area contributed by atoms with Crippen molar-refractivity contribution < 1.29 is 4.42 Å². The van der Waals surface area contributed by atoms with Gasteiger partial charge in [-0.2, -0.15) is 5.10 Å². The number of halogens is 1. The maximum atomic E-state index is 6.67. The van der Waals surface area contributed by atoms with E-state index in [2.05, 4.69) is 36.6 Å². The summed E-state index contributed by atoms with van der Waals surface area (Å²) in [7, 11) is 2.03. The fraction of sp³-hybridized carbons (Fsp3) is 0.458. The summed E-state index contributed by atoms with van der Waals surface area (Å²) in [5.41, 5.74) is 4.74. The van der Waals surface area contributed by atoms with Crippen LogP contribution in [0.1, 0.15) is 49.6 Å². The molecule has 0 bridgehead atoms. The van der Waals surface area contributed by atoms with Crippen LogP contribution in [0.4, 0.5) is 17.3 Å². The Bertz CT molecular complexity index is 955. The van der Waals surface area contributed by atoms with E-state index in [-0.39, 0.29) is 0 Å². The lowest BCUT2D eigenvalue weighted by Crippen LogP contribution is -2.28. The normalized spacial score (nSPS) is 13.0. The van der Waals surface area contributed by atoms with Crippen molar-refractivity contribution in [1.82, 2.24) is 9.78 Å². The standard InChI is InChI=1S/C22H27ClN4O.C2H6/c1-5-26(14-17-8-7-11-28-17)22-18-9-6-10-27(21(18)24-25(22)4)20-16(3)12-15(2)13-19(20)23;1-2/h7-8,11-13H,5-6,9-10,14H2,1-4H3;1-2H3. The molecule has 0 aliphatic carbocycles. The molecule has 0 radical (unpaired) electrons. The van der Waals surface area contributed by atoms with Crippen LogP contribution in [0, 0.1) is 13.8 Å². The molecule has 0 spiro atoms. The van der Waals surface area contributed by atoms with Gasteiger partial charge < -0.3 is 14.2 Å². The van der Waals surface area contributed by atoms with Gasteiger partial charge in [-0.25, -0.2) is 0 Å². The highest BCUT2D eigenvalue weighted by Crippen LogP contribution is 2.42. The molecule has 0 amide bonds. The summed E-state index contributed by atoms with van der Waals surface area (Å²) in [5, 5.41) is 5.72. The molecule has 0 saturated heterocycles. The summed E-state index contributed by atoms with van der Waals surface area (Å²) in [5.74, 6) is 3.15. The van der Waals surface area contributed by atoms with Gasteiger partial charge in [-0.05, 0) is 62.9 Å². The van der Waals surface area contributed by atoms with Crippen molar-refractivity contribution >= 4 is 28.9 Å². The van der Waals surface area contributed by atoms with Crippen LogP contribution in [0.5, 0.6) is 0 Å². The van der Waals surface area contributed by atoms with Crippen LogP contribution < -0.4 is 9.80 Å². The summed E-state index contributed by atoms with van der Waals surface area (Å²) >= 11 is 6.67. The van der Waals surface area contributed by atoms with Crippen molar-refractivity contribution in [1.29, 1.82) is 0 Å². The van der Waals surface area contributed by atoms with Crippen molar-refractivity contribution in [2.24, 2.45) is 7.05 Å². The highest BCUT2D eigenvalue weighted by Gasteiger charge is 2.30. The smallest absolute Gasteiger partial charge is 0.160 e. The van der Waals surface area contributed by atoms with Crippen molar-refractivity contribution in [3.8, 4) is 0 Å². The van der Waals surface area contributed by atoms with Gasteiger partial charge in [-0.1, -0.05) is 31.5 Å². The maximum absolute atomic E-state index is 6.67. The Morgan fingerprint density at radius 1 is 1.23 bits per heavy atom. The van der Waals surface area contributed by atoms with Crippen LogP contribution >= 0.6 is 11.6 Å².